The molecule has 10 heteroatoms. The van der Waals surface area contributed by atoms with Gasteiger partial charge in [0.1, 0.15) is 5.75 Å². The van der Waals surface area contributed by atoms with Crippen LogP contribution in [0, 0.1) is 0 Å². The van der Waals surface area contributed by atoms with Gasteiger partial charge < -0.3 is 20.1 Å². The number of methoxy groups -OCH3 is 1. The summed E-state index contributed by atoms with van der Waals surface area (Å²) >= 11 is 0. The molecule has 9 nitrogen and oxygen atoms in total. The predicted octanol–water partition coefficient (Wildman–Crippen LogP) is 2.94. The number of rotatable bonds is 8. The molecular weight excluding hydrogens is 480 g/mol. The Kier molecular flexibility index (Phi) is 10.3. The van der Waals surface area contributed by atoms with Crippen LogP contribution in [0.2, 0.25) is 0 Å². The van der Waals surface area contributed by atoms with E-state index in [0.29, 0.717) is 18.8 Å². The average Bonchev–Trinajstić information content (AvgIpc) is 2.86. The van der Waals surface area contributed by atoms with Crippen LogP contribution in [-0.4, -0.2) is 78.5 Å². The Morgan fingerprint density at radius 2 is 1.97 bits per heavy atom. The minimum Gasteiger partial charge on any atom is -0.497 e. The highest BCUT2D eigenvalue weighted by Gasteiger charge is 2.22. The number of hydrogen-bond acceptors (Lipinski definition) is 8. The van der Waals surface area contributed by atoms with Crippen molar-refractivity contribution in [3.63, 3.8) is 0 Å². The van der Waals surface area contributed by atoms with Crippen LogP contribution in [0.25, 0.3) is 17.0 Å². The molecule has 1 atom stereocenters. The van der Waals surface area contributed by atoms with Crippen LogP contribution in [-0.2, 0) is 10.1 Å². The monoisotopic (exact) mass is 514 g/mol. The third-order valence-electron chi connectivity index (χ3n) is 5.88. The highest BCUT2D eigenvalue weighted by molar-refractivity contribution is 7.85. The van der Waals surface area contributed by atoms with Gasteiger partial charge >= 0.3 is 0 Å². The van der Waals surface area contributed by atoms with E-state index in [0.717, 1.165) is 60.3 Å². The molecule has 1 fully saturated rings. The first-order valence-corrected chi connectivity index (χ1v) is 13.6. The van der Waals surface area contributed by atoms with Gasteiger partial charge in [0, 0.05) is 43.1 Å². The zero-order valence-electron chi connectivity index (χ0n) is 20.6. The summed E-state index contributed by atoms with van der Waals surface area (Å²) in [6, 6.07) is 12.2. The first-order chi connectivity index (χ1) is 17.2. The Bertz CT molecular complexity index is 1220. The van der Waals surface area contributed by atoms with Crippen LogP contribution in [0.5, 0.6) is 5.75 Å². The average molecular weight is 515 g/mol. The summed E-state index contributed by atoms with van der Waals surface area (Å²) in [5.41, 5.74) is 2.90. The van der Waals surface area contributed by atoms with Gasteiger partial charge in [-0.15, -0.1) is 0 Å². The Labute approximate surface area is 212 Å². The number of nitrogens with zero attached hydrogens (tertiary/aromatic N) is 3. The lowest BCUT2D eigenvalue weighted by molar-refractivity contribution is 0.0955. The number of benzene rings is 1. The van der Waals surface area contributed by atoms with Crippen molar-refractivity contribution in [1.29, 1.82) is 0 Å². The van der Waals surface area contributed by atoms with Gasteiger partial charge in [-0.05, 0) is 67.4 Å². The third kappa shape index (κ3) is 9.29. The summed E-state index contributed by atoms with van der Waals surface area (Å²) in [6.07, 6.45) is 12.0. The normalized spacial score (nSPS) is 16.0. The summed E-state index contributed by atoms with van der Waals surface area (Å²) in [6.45, 7) is 3.44. The molecule has 0 saturated carbocycles. The molecule has 1 aromatic carbocycles. The van der Waals surface area contributed by atoms with Crippen LogP contribution in [0.3, 0.4) is 0 Å². The minimum absolute atomic E-state index is 0.512. The van der Waals surface area contributed by atoms with Crippen molar-refractivity contribution < 1.29 is 22.8 Å². The first kappa shape index (κ1) is 27.7. The quantitative estimate of drug-likeness (QED) is 0.389. The molecule has 0 aliphatic carbocycles. The summed E-state index contributed by atoms with van der Waals surface area (Å²) < 4.78 is 31.2. The largest absolute Gasteiger partial charge is 0.497 e. The van der Waals surface area contributed by atoms with Crippen molar-refractivity contribution in [2.45, 2.75) is 25.0 Å². The van der Waals surface area contributed by atoms with Crippen LogP contribution in [0.15, 0.2) is 61.1 Å². The zero-order valence-corrected chi connectivity index (χ0v) is 21.4. The molecule has 3 heterocycles. The molecule has 194 valence electrons. The number of pyridine rings is 2. The third-order valence-corrected chi connectivity index (χ3v) is 5.88. The molecule has 3 aromatic rings. The van der Waals surface area contributed by atoms with Gasteiger partial charge in [0.05, 0.1) is 25.0 Å². The fourth-order valence-electron chi connectivity index (χ4n) is 4.13. The van der Waals surface area contributed by atoms with Crippen molar-refractivity contribution in [1.82, 2.24) is 20.2 Å². The number of aliphatic hydroxyl groups excluding tert-OH is 1. The summed E-state index contributed by atoms with van der Waals surface area (Å²) in [5, 5.41) is 15.5. The van der Waals surface area contributed by atoms with E-state index < -0.39 is 16.2 Å². The smallest absolute Gasteiger partial charge is 0.261 e. The number of ether oxygens (including phenoxy) is 1. The Balaban J connectivity index is 0.000000658. The van der Waals surface area contributed by atoms with E-state index in [4.69, 9.17) is 9.29 Å². The molecular formula is C26H34N4O5S. The van der Waals surface area contributed by atoms with Crippen molar-refractivity contribution in [2.24, 2.45) is 0 Å². The van der Waals surface area contributed by atoms with E-state index >= 15 is 0 Å². The summed E-state index contributed by atoms with van der Waals surface area (Å²) in [5.74, 6) is 0.776. The summed E-state index contributed by atoms with van der Waals surface area (Å²) in [4.78, 5) is 10.9. The van der Waals surface area contributed by atoms with Gasteiger partial charge in [0.2, 0.25) is 0 Å². The second-order valence-corrected chi connectivity index (χ2v) is 10.2. The van der Waals surface area contributed by atoms with E-state index in [1.165, 1.54) is 0 Å². The molecule has 0 unspecified atom stereocenters. The van der Waals surface area contributed by atoms with Gasteiger partial charge in [-0.25, -0.2) is 0 Å². The number of fused-ring (bicyclic) bond motifs is 1. The molecule has 0 amide bonds. The molecule has 0 spiro atoms. The maximum atomic E-state index is 10.9. The van der Waals surface area contributed by atoms with Gasteiger partial charge in [0.15, 0.2) is 0 Å². The maximum absolute atomic E-state index is 10.9. The molecule has 1 aliphatic rings. The highest BCUT2D eigenvalue weighted by Crippen LogP contribution is 2.27. The van der Waals surface area contributed by atoms with Gasteiger partial charge in [-0.3, -0.25) is 14.5 Å². The van der Waals surface area contributed by atoms with Gasteiger partial charge in [-0.2, -0.15) is 8.42 Å². The highest BCUT2D eigenvalue weighted by atomic mass is 32.2. The van der Waals surface area contributed by atoms with Gasteiger partial charge in [0.25, 0.3) is 10.1 Å². The molecule has 0 bridgehead atoms. The van der Waals surface area contributed by atoms with E-state index in [2.05, 4.69) is 38.4 Å². The van der Waals surface area contributed by atoms with E-state index in [9.17, 15) is 13.5 Å². The summed E-state index contributed by atoms with van der Waals surface area (Å²) in [7, 11) is -2.01. The van der Waals surface area contributed by atoms with Gasteiger partial charge in [-0.1, -0.05) is 18.2 Å². The minimum atomic E-state index is -3.67. The zero-order chi connectivity index (χ0) is 26.0. The molecule has 1 saturated heterocycles. The van der Waals surface area contributed by atoms with Crippen LogP contribution < -0.4 is 10.1 Å². The SMILES string of the molecule is COc1ccc2nccc([C@@H](O)CN3CCC(NC/C=C/c4cccnc4)CC3)c2c1.CS(=O)(=O)O. The number of aromatic nitrogens is 2. The van der Waals surface area contributed by atoms with Crippen molar-refractivity contribution in [3.05, 3.63) is 72.2 Å². The Morgan fingerprint density at radius 3 is 2.64 bits per heavy atom. The number of hydrogen-bond donors (Lipinski definition) is 3. The molecule has 0 radical (unpaired) electrons. The maximum Gasteiger partial charge on any atom is 0.261 e. The molecule has 1 aliphatic heterocycles. The number of β-amino-alcohol motifs (C(OH)–C–C–N with tert-alkyl or cyclic N) is 1. The molecule has 4 rings (SSSR count). The van der Waals surface area contributed by atoms with Crippen molar-refractivity contribution in [3.8, 4) is 5.75 Å². The topological polar surface area (TPSA) is 125 Å². The molecule has 36 heavy (non-hydrogen) atoms. The predicted molar refractivity (Wildman–Crippen MR) is 141 cm³/mol. The number of aliphatic hydroxyl groups is 1. The lowest BCUT2D eigenvalue weighted by Crippen LogP contribution is -2.43. The Hall–Kier alpha value is -2.89. The van der Waals surface area contributed by atoms with E-state index in [-0.39, 0.29) is 0 Å². The first-order valence-electron chi connectivity index (χ1n) is 11.8. The number of likely N-dealkylation sites (tertiary alicyclic amines) is 1. The standard InChI is InChI=1S/C25H30N4O2.CH4O3S/c1-31-21-6-7-24-23(16-21)22(8-13-28-24)25(30)18-29-14-9-20(10-15-29)27-12-3-5-19-4-2-11-26-17-19;1-5(2,3)4/h2-8,11,13,16-17,20,25,27,30H,9-10,12,14-15,18H2,1H3;1H3,(H,2,3,4)/b5-3+;/t25-;/m0./s1. The van der Waals surface area contributed by atoms with Crippen LogP contribution in [0.4, 0.5) is 0 Å². The molecule has 3 N–H and O–H groups in total. The fourth-order valence-corrected chi connectivity index (χ4v) is 4.13. The van der Waals surface area contributed by atoms with Crippen LogP contribution >= 0.6 is 0 Å². The second kappa shape index (κ2) is 13.4. The van der Waals surface area contributed by atoms with E-state index in [1.54, 1.807) is 19.5 Å². The molecule has 2 aromatic heterocycles. The fraction of sp³-hybridized carbons (Fsp3) is 0.385. The second-order valence-electron chi connectivity index (χ2n) is 8.70. The van der Waals surface area contributed by atoms with E-state index in [1.807, 2.05) is 36.5 Å². The number of nitrogens with one attached hydrogen (secondary N) is 1. The number of piperidine rings is 1. The lowest BCUT2D eigenvalue weighted by atomic mass is 10.0. The Morgan fingerprint density at radius 1 is 1.22 bits per heavy atom. The van der Waals surface area contributed by atoms with Crippen LogP contribution in [0.1, 0.15) is 30.1 Å². The van der Waals surface area contributed by atoms with Crippen molar-refractivity contribution >= 4 is 27.1 Å². The lowest BCUT2D eigenvalue weighted by Gasteiger charge is -2.33. The van der Waals surface area contributed by atoms with Crippen molar-refractivity contribution in [2.75, 3.05) is 39.5 Å².